The molecular formula is C29H43NO8Si. The summed E-state index contributed by atoms with van der Waals surface area (Å²) in [5.74, 6) is 0.418. The van der Waals surface area contributed by atoms with Crippen molar-refractivity contribution in [2.75, 3.05) is 46.7 Å². The molecule has 10 heteroatoms. The van der Waals surface area contributed by atoms with Crippen LogP contribution in [0, 0.1) is 0 Å². The largest absolute Gasteiger partial charge is 0.502 e. The Kier molecular flexibility index (Phi) is 15.2. The van der Waals surface area contributed by atoms with E-state index in [0.717, 1.165) is 47.8 Å². The topological polar surface area (TPSA) is 102 Å². The highest BCUT2D eigenvalue weighted by atomic mass is 28.4. The third-order valence-corrected chi connectivity index (χ3v) is 8.89. The van der Waals surface area contributed by atoms with Gasteiger partial charge < -0.3 is 32.8 Å². The first kappa shape index (κ1) is 32.3. The zero-order chi connectivity index (χ0) is 28.3. The van der Waals surface area contributed by atoms with E-state index >= 15 is 0 Å². The van der Waals surface area contributed by atoms with E-state index in [2.05, 4.69) is 10.1 Å². The number of esters is 1. The molecule has 0 heterocycles. The van der Waals surface area contributed by atoms with Gasteiger partial charge in [-0.15, -0.1) is 0 Å². The molecule has 0 aliphatic heterocycles. The first-order chi connectivity index (χ1) is 19.0. The molecule has 0 aliphatic carbocycles. The Labute approximate surface area is 233 Å². The number of alkyl carbamates (subject to hydrolysis) is 1. The Balaban J connectivity index is 1.66. The van der Waals surface area contributed by atoms with Gasteiger partial charge in [-0.1, -0.05) is 30.3 Å². The number of amides is 1. The van der Waals surface area contributed by atoms with Crippen LogP contribution in [0.3, 0.4) is 0 Å². The summed E-state index contributed by atoms with van der Waals surface area (Å²) in [5, 5.41) is 4.76. The molecule has 1 amide bonds. The number of carbonyl (C=O) groups excluding carboxylic acids is 2. The van der Waals surface area contributed by atoms with E-state index in [1.165, 1.54) is 13.2 Å². The van der Waals surface area contributed by atoms with Crippen LogP contribution in [0.1, 0.15) is 52.0 Å². The lowest BCUT2D eigenvalue weighted by atomic mass is 10.0. The van der Waals surface area contributed by atoms with Gasteiger partial charge in [0, 0.05) is 43.9 Å². The molecule has 2 aromatic carbocycles. The predicted octanol–water partition coefficient (Wildman–Crippen LogP) is 5.74. The third kappa shape index (κ3) is 11.4. The predicted molar refractivity (Wildman–Crippen MR) is 154 cm³/mol. The van der Waals surface area contributed by atoms with Crippen LogP contribution in [0.2, 0.25) is 6.04 Å². The second-order valence-electron chi connectivity index (χ2n) is 8.61. The van der Waals surface area contributed by atoms with Gasteiger partial charge in [0.2, 0.25) is 0 Å². The summed E-state index contributed by atoms with van der Waals surface area (Å²) in [6, 6.07) is 12.3. The highest BCUT2D eigenvalue weighted by molar-refractivity contribution is 6.60. The first-order valence-electron chi connectivity index (χ1n) is 13.7. The number of fused-ring (bicyclic) bond motifs is 1. The Morgan fingerprint density at radius 1 is 0.846 bits per heavy atom. The van der Waals surface area contributed by atoms with E-state index in [1.807, 2.05) is 57.2 Å². The van der Waals surface area contributed by atoms with Crippen LogP contribution >= 0.6 is 0 Å². The van der Waals surface area contributed by atoms with Gasteiger partial charge in [-0.2, -0.15) is 0 Å². The Bertz CT molecular complexity index is 1030. The standard InChI is InChI=1S/C29H43NO8Si/c1-5-36-39(37-6-2,38-7-3)23-20-30-29(32)35-22-13-9-8-12-21-34-27-18-16-24(17-19-28(31)33-4)25-14-10-11-15-26(25)27/h10-11,14-19H,5-9,12-13,20-23H2,1-4H3,(H,30,32)/b19-17+. The fraction of sp³-hybridized carbons (Fsp3) is 0.517. The van der Waals surface area contributed by atoms with Crippen LogP contribution < -0.4 is 10.1 Å². The lowest BCUT2D eigenvalue weighted by molar-refractivity contribution is -0.134. The molecule has 0 fully saturated rings. The first-order valence-corrected chi connectivity index (χ1v) is 15.6. The molecule has 0 saturated carbocycles. The molecule has 0 saturated heterocycles. The summed E-state index contributed by atoms with van der Waals surface area (Å²) in [5.41, 5.74) is 0.923. The maximum atomic E-state index is 12.0. The van der Waals surface area contributed by atoms with Gasteiger partial charge >= 0.3 is 20.9 Å². The number of carbonyl (C=O) groups is 2. The molecule has 0 aromatic heterocycles. The molecule has 1 N–H and O–H groups in total. The molecule has 2 aromatic rings. The van der Waals surface area contributed by atoms with E-state index < -0.39 is 20.9 Å². The monoisotopic (exact) mass is 561 g/mol. The number of hydrogen-bond acceptors (Lipinski definition) is 8. The number of nitrogens with one attached hydrogen (secondary N) is 1. The number of rotatable bonds is 19. The summed E-state index contributed by atoms with van der Waals surface area (Å²) < 4.78 is 33.4. The summed E-state index contributed by atoms with van der Waals surface area (Å²) in [6.45, 7) is 8.54. The van der Waals surface area contributed by atoms with Crippen molar-refractivity contribution in [3.8, 4) is 5.75 Å². The van der Waals surface area contributed by atoms with E-state index in [-0.39, 0.29) is 0 Å². The van der Waals surface area contributed by atoms with Gasteiger partial charge in [-0.25, -0.2) is 9.59 Å². The van der Waals surface area contributed by atoms with Gasteiger partial charge in [0.05, 0.1) is 20.3 Å². The number of hydrogen-bond donors (Lipinski definition) is 1. The van der Waals surface area contributed by atoms with E-state index in [0.29, 0.717) is 45.6 Å². The summed E-state index contributed by atoms with van der Waals surface area (Å²) in [7, 11) is -1.42. The normalized spacial score (nSPS) is 11.6. The van der Waals surface area contributed by atoms with Crippen LogP contribution in [0.15, 0.2) is 42.5 Å². The molecule has 0 unspecified atom stereocenters. The summed E-state index contributed by atoms with van der Waals surface area (Å²) >= 11 is 0. The zero-order valence-corrected chi connectivity index (χ0v) is 24.7. The lowest BCUT2D eigenvalue weighted by Crippen LogP contribution is -2.48. The highest BCUT2D eigenvalue weighted by Gasteiger charge is 2.40. The Morgan fingerprint density at radius 2 is 1.49 bits per heavy atom. The number of unbranched alkanes of at least 4 members (excludes halogenated alkanes) is 3. The van der Waals surface area contributed by atoms with Crippen molar-refractivity contribution in [2.24, 2.45) is 0 Å². The number of benzene rings is 2. The van der Waals surface area contributed by atoms with Crippen molar-refractivity contribution in [2.45, 2.75) is 52.5 Å². The minimum Gasteiger partial charge on any atom is -0.493 e. The van der Waals surface area contributed by atoms with Crippen molar-refractivity contribution < 1.29 is 37.1 Å². The van der Waals surface area contributed by atoms with Crippen molar-refractivity contribution in [1.82, 2.24) is 5.32 Å². The summed E-state index contributed by atoms with van der Waals surface area (Å²) in [4.78, 5) is 23.5. The van der Waals surface area contributed by atoms with Crippen molar-refractivity contribution in [3.05, 3.63) is 48.0 Å². The molecule has 39 heavy (non-hydrogen) atoms. The van der Waals surface area contributed by atoms with Gasteiger partial charge in [0.15, 0.2) is 0 Å². The quantitative estimate of drug-likeness (QED) is 0.100. The van der Waals surface area contributed by atoms with Crippen LogP contribution in [0.25, 0.3) is 16.8 Å². The second-order valence-corrected chi connectivity index (χ2v) is 11.3. The summed E-state index contributed by atoms with van der Waals surface area (Å²) in [6.07, 6.45) is 6.30. The third-order valence-electron chi connectivity index (χ3n) is 5.84. The SMILES string of the molecule is CCO[Si](CCNC(=O)OCCCCCCOc1ccc(/C=C/C(=O)OC)c2ccccc12)(OCC)OCC. The average Bonchev–Trinajstić information content (AvgIpc) is 2.94. The van der Waals surface area contributed by atoms with Gasteiger partial charge in [-0.3, -0.25) is 0 Å². The molecule has 2 rings (SSSR count). The lowest BCUT2D eigenvalue weighted by Gasteiger charge is -2.28. The number of ether oxygens (including phenoxy) is 3. The van der Waals surface area contributed by atoms with Crippen LogP contribution in [0.4, 0.5) is 4.79 Å². The molecule has 0 atom stereocenters. The zero-order valence-electron chi connectivity index (χ0n) is 23.7. The fourth-order valence-corrected chi connectivity index (χ4v) is 6.50. The maximum Gasteiger partial charge on any atom is 0.502 e. The minimum absolute atomic E-state index is 0.364. The van der Waals surface area contributed by atoms with Gasteiger partial charge in [0.1, 0.15) is 5.75 Å². The second kappa shape index (κ2) is 18.4. The van der Waals surface area contributed by atoms with E-state index in [4.69, 9.17) is 22.8 Å². The van der Waals surface area contributed by atoms with Crippen LogP contribution in [-0.2, 0) is 27.5 Å². The van der Waals surface area contributed by atoms with Crippen LogP contribution in [0.5, 0.6) is 5.75 Å². The molecule has 0 spiro atoms. The Morgan fingerprint density at radius 3 is 2.13 bits per heavy atom. The average molecular weight is 562 g/mol. The Hall–Kier alpha value is -2.92. The van der Waals surface area contributed by atoms with E-state index in [9.17, 15) is 9.59 Å². The minimum atomic E-state index is -2.77. The molecule has 9 nitrogen and oxygen atoms in total. The van der Waals surface area contributed by atoms with Crippen molar-refractivity contribution in [3.63, 3.8) is 0 Å². The number of methoxy groups -OCH3 is 1. The maximum absolute atomic E-state index is 12.0. The van der Waals surface area contributed by atoms with Crippen molar-refractivity contribution >= 4 is 37.7 Å². The van der Waals surface area contributed by atoms with Gasteiger partial charge in [-0.05, 0) is 69.5 Å². The van der Waals surface area contributed by atoms with Crippen LogP contribution in [-0.4, -0.2) is 67.6 Å². The van der Waals surface area contributed by atoms with E-state index in [1.54, 1.807) is 6.08 Å². The highest BCUT2D eigenvalue weighted by Crippen LogP contribution is 2.29. The fourth-order valence-electron chi connectivity index (χ4n) is 4.07. The molecule has 0 aliphatic rings. The molecular weight excluding hydrogens is 518 g/mol. The molecule has 0 bridgehead atoms. The smallest absolute Gasteiger partial charge is 0.493 e. The van der Waals surface area contributed by atoms with Gasteiger partial charge in [0.25, 0.3) is 0 Å². The molecule has 0 radical (unpaired) electrons. The molecule has 216 valence electrons. The van der Waals surface area contributed by atoms with Crippen molar-refractivity contribution in [1.29, 1.82) is 0 Å².